The van der Waals surface area contributed by atoms with E-state index in [0.29, 0.717) is 6.54 Å². The molecule has 1 aliphatic rings. The van der Waals surface area contributed by atoms with Gasteiger partial charge in [0.25, 0.3) is 0 Å². The number of nitrogens with one attached hydrogen (secondary N) is 1. The molecule has 0 aliphatic carbocycles. The van der Waals surface area contributed by atoms with Crippen molar-refractivity contribution in [3.8, 4) is 12.3 Å². The average molecular weight is 210 g/mol. The van der Waals surface area contributed by atoms with Crippen LogP contribution in [0.2, 0.25) is 0 Å². The highest BCUT2D eigenvalue weighted by molar-refractivity contribution is 5.76. The monoisotopic (exact) mass is 210 g/mol. The van der Waals surface area contributed by atoms with Crippen LogP contribution in [0.15, 0.2) is 0 Å². The van der Waals surface area contributed by atoms with Gasteiger partial charge in [0.05, 0.1) is 13.0 Å². The van der Waals surface area contributed by atoms with E-state index in [2.05, 4.69) is 11.2 Å². The Morgan fingerprint density at radius 2 is 2.33 bits per heavy atom. The fourth-order valence-electron chi connectivity index (χ4n) is 1.75. The molecule has 2 amide bonds. The lowest BCUT2D eigenvalue weighted by Gasteiger charge is -2.23. The summed E-state index contributed by atoms with van der Waals surface area (Å²) in [5.41, 5.74) is 0. The number of likely N-dealkylation sites (tertiary alicyclic amines) is 1. The molecule has 0 radical (unpaired) electrons. The van der Waals surface area contributed by atoms with Gasteiger partial charge in [-0.15, -0.1) is 6.42 Å². The maximum atomic E-state index is 11.5. The van der Waals surface area contributed by atoms with Crippen molar-refractivity contribution in [1.29, 1.82) is 0 Å². The summed E-state index contributed by atoms with van der Waals surface area (Å²) in [6.45, 7) is 0.781. The number of carboxylic acid groups (broad SMARTS) is 1. The Hall–Kier alpha value is -1.70. The van der Waals surface area contributed by atoms with E-state index < -0.39 is 5.97 Å². The molecule has 0 bridgehead atoms. The van der Waals surface area contributed by atoms with E-state index in [1.165, 1.54) is 0 Å². The number of carbonyl (C=O) groups is 2. The number of amides is 2. The minimum Gasteiger partial charge on any atom is -0.481 e. The molecule has 82 valence electrons. The van der Waals surface area contributed by atoms with Gasteiger partial charge < -0.3 is 15.3 Å². The third-order valence-corrected chi connectivity index (χ3v) is 2.39. The third-order valence-electron chi connectivity index (χ3n) is 2.39. The third kappa shape index (κ3) is 3.17. The summed E-state index contributed by atoms with van der Waals surface area (Å²) >= 11 is 0. The molecule has 5 heteroatoms. The lowest BCUT2D eigenvalue weighted by molar-refractivity contribution is -0.137. The molecule has 0 spiro atoms. The first-order chi connectivity index (χ1) is 7.15. The Labute approximate surface area is 88.4 Å². The molecule has 0 aromatic rings. The van der Waals surface area contributed by atoms with Crippen LogP contribution in [0.3, 0.4) is 0 Å². The van der Waals surface area contributed by atoms with Crippen LogP contribution in [0.25, 0.3) is 0 Å². The number of aliphatic carboxylic acids is 1. The Morgan fingerprint density at radius 1 is 1.60 bits per heavy atom. The van der Waals surface area contributed by atoms with Gasteiger partial charge in [0, 0.05) is 12.6 Å². The molecule has 0 aromatic heterocycles. The molecule has 2 N–H and O–H groups in total. The molecular formula is C10H14N2O3. The highest BCUT2D eigenvalue weighted by Crippen LogP contribution is 2.19. The fraction of sp³-hybridized carbons (Fsp3) is 0.600. The SMILES string of the molecule is C#CCNC(=O)N1CCCC1CC(=O)O. The molecule has 1 fully saturated rings. The minimum absolute atomic E-state index is 0.00345. The van der Waals surface area contributed by atoms with Crippen LogP contribution >= 0.6 is 0 Å². The molecule has 1 atom stereocenters. The first-order valence-corrected chi connectivity index (χ1v) is 4.85. The number of hydrogen-bond donors (Lipinski definition) is 2. The smallest absolute Gasteiger partial charge is 0.318 e. The first kappa shape index (κ1) is 11.4. The second kappa shape index (κ2) is 5.25. The van der Waals surface area contributed by atoms with Crippen LogP contribution in [-0.2, 0) is 4.79 Å². The van der Waals surface area contributed by atoms with Crippen LogP contribution < -0.4 is 5.32 Å². The number of terminal acetylenes is 1. The first-order valence-electron chi connectivity index (χ1n) is 4.85. The number of nitrogens with zero attached hydrogens (tertiary/aromatic N) is 1. The van der Waals surface area contributed by atoms with Crippen molar-refractivity contribution >= 4 is 12.0 Å². The van der Waals surface area contributed by atoms with E-state index in [0.717, 1.165) is 12.8 Å². The fourth-order valence-corrected chi connectivity index (χ4v) is 1.75. The Bertz CT molecular complexity index is 296. The van der Waals surface area contributed by atoms with Crippen molar-refractivity contribution in [2.75, 3.05) is 13.1 Å². The van der Waals surface area contributed by atoms with Gasteiger partial charge in [-0.05, 0) is 12.8 Å². The van der Waals surface area contributed by atoms with Gasteiger partial charge in [-0.2, -0.15) is 0 Å². The number of urea groups is 1. The Kier molecular flexibility index (Phi) is 3.98. The van der Waals surface area contributed by atoms with Gasteiger partial charge in [0.1, 0.15) is 0 Å². The van der Waals surface area contributed by atoms with Crippen LogP contribution in [0.5, 0.6) is 0 Å². The number of hydrogen-bond acceptors (Lipinski definition) is 2. The van der Waals surface area contributed by atoms with Gasteiger partial charge in [-0.25, -0.2) is 4.79 Å². The molecule has 0 aromatic carbocycles. The van der Waals surface area contributed by atoms with E-state index >= 15 is 0 Å². The van der Waals surface area contributed by atoms with E-state index in [1.807, 2.05) is 0 Å². The normalized spacial score (nSPS) is 19.7. The van der Waals surface area contributed by atoms with Crippen molar-refractivity contribution in [1.82, 2.24) is 10.2 Å². The van der Waals surface area contributed by atoms with Gasteiger partial charge in [0.15, 0.2) is 0 Å². The van der Waals surface area contributed by atoms with Crippen molar-refractivity contribution < 1.29 is 14.7 Å². The molecule has 15 heavy (non-hydrogen) atoms. The zero-order valence-electron chi connectivity index (χ0n) is 8.40. The van der Waals surface area contributed by atoms with Crippen LogP contribution in [0, 0.1) is 12.3 Å². The lowest BCUT2D eigenvalue weighted by atomic mass is 10.1. The molecule has 1 saturated heterocycles. The standard InChI is InChI=1S/C10H14N2O3/c1-2-5-11-10(15)12-6-3-4-8(12)7-9(13)14/h1,8H,3-7H2,(H,11,15)(H,13,14). The summed E-state index contributed by atoms with van der Waals surface area (Å²) in [5, 5.41) is 11.2. The van der Waals surface area contributed by atoms with E-state index in [1.54, 1.807) is 4.90 Å². The largest absolute Gasteiger partial charge is 0.481 e. The number of rotatable bonds is 3. The van der Waals surface area contributed by atoms with Gasteiger partial charge in [0.2, 0.25) is 0 Å². The molecule has 1 unspecified atom stereocenters. The van der Waals surface area contributed by atoms with Crippen LogP contribution in [0.4, 0.5) is 4.79 Å². The molecule has 1 rings (SSSR count). The minimum atomic E-state index is -0.878. The summed E-state index contributed by atoms with van der Waals surface area (Å²) in [4.78, 5) is 23.6. The van der Waals surface area contributed by atoms with Gasteiger partial charge >= 0.3 is 12.0 Å². The summed E-state index contributed by atoms with van der Waals surface area (Å²) in [6.07, 6.45) is 6.61. The summed E-state index contributed by atoms with van der Waals surface area (Å²) in [7, 11) is 0. The lowest BCUT2D eigenvalue weighted by Crippen LogP contribution is -2.43. The molecule has 0 saturated carbocycles. The molecule has 5 nitrogen and oxygen atoms in total. The second-order valence-electron chi connectivity index (χ2n) is 3.45. The number of carbonyl (C=O) groups excluding carboxylic acids is 1. The maximum absolute atomic E-state index is 11.5. The second-order valence-corrected chi connectivity index (χ2v) is 3.45. The summed E-state index contributed by atoms with van der Waals surface area (Å²) in [6, 6.07) is -0.461. The van der Waals surface area contributed by atoms with Gasteiger partial charge in [-0.1, -0.05) is 5.92 Å². The van der Waals surface area contributed by atoms with Crippen molar-refractivity contribution in [2.24, 2.45) is 0 Å². The predicted octanol–water partition coefficient (Wildman–Crippen LogP) is 0.268. The van der Waals surface area contributed by atoms with E-state index in [4.69, 9.17) is 11.5 Å². The Balaban J connectivity index is 2.49. The van der Waals surface area contributed by atoms with Crippen molar-refractivity contribution in [3.05, 3.63) is 0 Å². The van der Waals surface area contributed by atoms with Crippen LogP contribution in [0.1, 0.15) is 19.3 Å². The molecule has 1 heterocycles. The Morgan fingerprint density at radius 3 is 2.93 bits per heavy atom. The highest BCUT2D eigenvalue weighted by atomic mass is 16.4. The highest BCUT2D eigenvalue weighted by Gasteiger charge is 2.29. The average Bonchev–Trinajstić information content (AvgIpc) is 2.61. The maximum Gasteiger partial charge on any atom is 0.318 e. The van der Waals surface area contributed by atoms with Gasteiger partial charge in [-0.3, -0.25) is 4.79 Å². The van der Waals surface area contributed by atoms with E-state index in [-0.39, 0.29) is 25.0 Å². The molecular weight excluding hydrogens is 196 g/mol. The summed E-state index contributed by atoms with van der Waals surface area (Å²) < 4.78 is 0. The zero-order chi connectivity index (χ0) is 11.3. The summed E-state index contributed by atoms with van der Waals surface area (Å²) in [5.74, 6) is 1.42. The predicted molar refractivity (Wildman–Crippen MR) is 54.2 cm³/mol. The van der Waals surface area contributed by atoms with E-state index in [9.17, 15) is 9.59 Å². The molecule has 1 aliphatic heterocycles. The zero-order valence-corrected chi connectivity index (χ0v) is 8.40. The number of carboxylic acids is 1. The quantitative estimate of drug-likeness (QED) is 0.657. The van der Waals surface area contributed by atoms with Crippen molar-refractivity contribution in [3.63, 3.8) is 0 Å². The van der Waals surface area contributed by atoms with Crippen LogP contribution in [-0.4, -0.2) is 41.1 Å². The van der Waals surface area contributed by atoms with Crippen molar-refractivity contribution in [2.45, 2.75) is 25.3 Å². The topological polar surface area (TPSA) is 69.6 Å².